The van der Waals surface area contributed by atoms with Crippen molar-refractivity contribution in [3.05, 3.63) is 22.4 Å². The summed E-state index contributed by atoms with van der Waals surface area (Å²) in [5.41, 5.74) is 1.03. The van der Waals surface area contributed by atoms with Gasteiger partial charge in [-0.2, -0.15) is 11.3 Å². The van der Waals surface area contributed by atoms with Crippen molar-refractivity contribution in [2.45, 2.75) is 26.4 Å². The SMILES string of the molecule is CCOC(C)OC(OC)c1ccsc1. The lowest BCUT2D eigenvalue weighted by molar-refractivity contribution is -0.232. The lowest BCUT2D eigenvalue weighted by atomic mass is 10.3. The Morgan fingerprint density at radius 1 is 1.50 bits per heavy atom. The molecule has 80 valence electrons. The minimum absolute atomic E-state index is 0.246. The van der Waals surface area contributed by atoms with Gasteiger partial charge in [0.25, 0.3) is 0 Å². The number of ether oxygens (including phenoxy) is 3. The molecule has 0 N–H and O–H groups in total. The number of hydrogen-bond donors (Lipinski definition) is 0. The Morgan fingerprint density at radius 2 is 2.29 bits per heavy atom. The molecular weight excluding hydrogens is 200 g/mol. The molecule has 0 saturated carbocycles. The van der Waals surface area contributed by atoms with Gasteiger partial charge in [0.15, 0.2) is 12.6 Å². The van der Waals surface area contributed by atoms with Gasteiger partial charge in [0.1, 0.15) is 0 Å². The van der Waals surface area contributed by atoms with Crippen LogP contribution in [0.25, 0.3) is 0 Å². The third kappa shape index (κ3) is 3.38. The molecule has 0 aliphatic carbocycles. The summed E-state index contributed by atoms with van der Waals surface area (Å²) in [6, 6.07) is 1.98. The summed E-state index contributed by atoms with van der Waals surface area (Å²) in [4.78, 5) is 0. The summed E-state index contributed by atoms with van der Waals surface area (Å²) < 4.78 is 16.0. The van der Waals surface area contributed by atoms with Crippen molar-refractivity contribution in [1.29, 1.82) is 0 Å². The first kappa shape index (κ1) is 11.7. The van der Waals surface area contributed by atoms with Crippen molar-refractivity contribution >= 4 is 11.3 Å². The largest absolute Gasteiger partial charge is 0.353 e. The highest BCUT2D eigenvalue weighted by molar-refractivity contribution is 7.07. The molecule has 0 amide bonds. The average Bonchev–Trinajstić information content (AvgIpc) is 2.67. The number of rotatable bonds is 6. The van der Waals surface area contributed by atoms with Crippen molar-refractivity contribution < 1.29 is 14.2 Å². The molecule has 3 nitrogen and oxygen atoms in total. The maximum absolute atomic E-state index is 5.55. The van der Waals surface area contributed by atoms with Crippen LogP contribution in [0.1, 0.15) is 25.7 Å². The summed E-state index contributed by atoms with van der Waals surface area (Å²) in [5, 5.41) is 4.00. The van der Waals surface area contributed by atoms with Gasteiger partial charge < -0.3 is 14.2 Å². The second kappa shape index (κ2) is 6.14. The van der Waals surface area contributed by atoms with E-state index in [9.17, 15) is 0 Å². The molecule has 1 heterocycles. The van der Waals surface area contributed by atoms with E-state index in [1.54, 1.807) is 18.4 Å². The van der Waals surface area contributed by atoms with E-state index in [2.05, 4.69) is 0 Å². The molecule has 2 unspecified atom stereocenters. The average molecular weight is 216 g/mol. The van der Waals surface area contributed by atoms with Gasteiger partial charge in [0.05, 0.1) is 0 Å². The van der Waals surface area contributed by atoms with Crippen LogP contribution >= 0.6 is 11.3 Å². The molecule has 14 heavy (non-hydrogen) atoms. The van der Waals surface area contributed by atoms with Crippen molar-refractivity contribution in [1.82, 2.24) is 0 Å². The Bertz CT molecular complexity index is 236. The highest BCUT2D eigenvalue weighted by atomic mass is 32.1. The van der Waals surface area contributed by atoms with E-state index in [-0.39, 0.29) is 12.6 Å². The molecular formula is C10H16O3S. The Balaban J connectivity index is 2.47. The van der Waals surface area contributed by atoms with Crippen LogP contribution in [-0.4, -0.2) is 20.0 Å². The van der Waals surface area contributed by atoms with Gasteiger partial charge in [0, 0.05) is 19.3 Å². The molecule has 0 bridgehead atoms. The second-order valence-corrected chi connectivity index (χ2v) is 3.56. The first-order valence-electron chi connectivity index (χ1n) is 4.59. The predicted octanol–water partition coefficient (Wildman–Crippen LogP) is 2.79. The zero-order chi connectivity index (χ0) is 10.4. The van der Waals surface area contributed by atoms with Gasteiger partial charge in [-0.05, 0) is 30.7 Å². The Kier molecular flexibility index (Phi) is 5.11. The highest BCUT2D eigenvalue weighted by Crippen LogP contribution is 2.22. The molecule has 0 fully saturated rings. The van der Waals surface area contributed by atoms with Crippen molar-refractivity contribution in [2.75, 3.05) is 13.7 Å². The predicted molar refractivity (Wildman–Crippen MR) is 56.2 cm³/mol. The fraction of sp³-hybridized carbons (Fsp3) is 0.600. The van der Waals surface area contributed by atoms with E-state index in [1.165, 1.54) is 0 Å². The minimum atomic E-state index is -0.331. The quantitative estimate of drug-likeness (QED) is 0.684. The topological polar surface area (TPSA) is 27.7 Å². The maximum atomic E-state index is 5.55. The normalized spacial score (nSPS) is 15.4. The van der Waals surface area contributed by atoms with Gasteiger partial charge in [-0.15, -0.1) is 0 Å². The molecule has 1 aromatic heterocycles. The van der Waals surface area contributed by atoms with Crippen LogP contribution in [0.2, 0.25) is 0 Å². The molecule has 0 radical (unpaired) electrons. The smallest absolute Gasteiger partial charge is 0.187 e. The summed E-state index contributed by atoms with van der Waals surface area (Å²) in [6.45, 7) is 4.44. The summed E-state index contributed by atoms with van der Waals surface area (Å²) in [6.07, 6.45) is -0.576. The van der Waals surface area contributed by atoms with E-state index in [0.717, 1.165) is 5.56 Å². The zero-order valence-corrected chi connectivity index (χ0v) is 9.54. The van der Waals surface area contributed by atoms with E-state index in [4.69, 9.17) is 14.2 Å². The third-order valence-electron chi connectivity index (χ3n) is 1.75. The van der Waals surface area contributed by atoms with Crippen LogP contribution in [-0.2, 0) is 14.2 Å². The van der Waals surface area contributed by atoms with Crippen LogP contribution in [0, 0.1) is 0 Å². The van der Waals surface area contributed by atoms with Crippen LogP contribution in [0.4, 0.5) is 0 Å². The third-order valence-corrected chi connectivity index (χ3v) is 2.45. The van der Waals surface area contributed by atoms with E-state index in [0.29, 0.717) is 6.61 Å². The molecule has 2 atom stereocenters. The van der Waals surface area contributed by atoms with E-state index in [1.807, 2.05) is 30.7 Å². The van der Waals surface area contributed by atoms with Crippen molar-refractivity contribution in [3.8, 4) is 0 Å². The van der Waals surface area contributed by atoms with Gasteiger partial charge in [0.2, 0.25) is 0 Å². The van der Waals surface area contributed by atoms with Gasteiger partial charge in [-0.3, -0.25) is 0 Å². The summed E-state index contributed by atoms with van der Waals surface area (Å²) >= 11 is 1.62. The van der Waals surface area contributed by atoms with E-state index >= 15 is 0 Å². The monoisotopic (exact) mass is 216 g/mol. The van der Waals surface area contributed by atoms with Crippen LogP contribution < -0.4 is 0 Å². The molecule has 0 saturated heterocycles. The molecule has 0 spiro atoms. The number of methoxy groups -OCH3 is 1. The van der Waals surface area contributed by atoms with Crippen molar-refractivity contribution in [2.24, 2.45) is 0 Å². The van der Waals surface area contributed by atoms with Gasteiger partial charge in [-0.25, -0.2) is 0 Å². The Morgan fingerprint density at radius 3 is 2.79 bits per heavy atom. The van der Waals surface area contributed by atoms with Crippen molar-refractivity contribution in [3.63, 3.8) is 0 Å². The summed E-state index contributed by atoms with van der Waals surface area (Å²) in [5.74, 6) is 0. The van der Waals surface area contributed by atoms with Crippen LogP contribution in [0.5, 0.6) is 0 Å². The fourth-order valence-corrected chi connectivity index (χ4v) is 1.79. The maximum Gasteiger partial charge on any atom is 0.187 e. The Hall–Kier alpha value is -0.420. The molecule has 1 aromatic rings. The first-order chi connectivity index (χ1) is 6.77. The van der Waals surface area contributed by atoms with Crippen LogP contribution in [0.3, 0.4) is 0 Å². The van der Waals surface area contributed by atoms with Gasteiger partial charge in [-0.1, -0.05) is 0 Å². The highest BCUT2D eigenvalue weighted by Gasteiger charge is 2.14. The van der Waals surface area contributed by atoms with Gasteiger partial charge >= 0.3 is 0 Å². The second-order valence-electron chi connectivity index (χ2n) is 2.78. The minimum Gasteiger partial charge on any atom is -0.353 e. The molecule has 0 aliphatic rings. The number of hydrogen-bond acceptors (Lipinski definition) is 4. The lowest BCUT2D eigenvalue weighted by Gasteiger charge is -2.20. The van der Waals surface area contributed by atoms with E-state index < -0.39 is 0 Å². The first-order valence-corrected chi connectivity index (χ1v) is 5.54. The van der Waals surface area contributed by atoms with Crippen LogP contribution in [0.15, 0.2) is 16.8 Å². The molecule has 4 heteroatoms. The summed E-state index contributed by atoms with van der Waals surface area (Å²) in [7, 11) is 1.63. The number of thiophene rings is 1. The lowest BCUT2D eigenvalue weighted by Crippen LogP contribution is -2.17. The fourth-order valence-electron chi connectivity index (χ4n) is 1.13. The molecule has 0 aliphatic heterocycles. The zero-order valence-electron chi connectivity index (χ0n) is 8.73. The molecule has 1 rings (SSSR count). The molecule has 0 aromatic carbocycles. The Labute approximate surface area is 88.6 Å². The standard InChI is InChI=1S/C10H16O3S/c1-4-12-8(2)13-10(11-3)9-5-6-14-7-9/h5-8,10H,4H2,1-3H3.